The maximum atomic E-state index is 13.1. The second kappa shape index (κ2) is 7.16. The Bertz CT molecular complexity index is 737. The van der Waals surface area contributed by atoms with Crippen LogP contribution in [0, 0.1) is 5.41 Å². The van der Waals surface area contributed by atoms with Crippen LogP contribution in [0.3, 0.4) is 0 Å². The minimum absolute atomic E-state index is 0.0327. The molecule has 5 heteroatoms. The Kier molecular flexibility index (Phi) is 5.13. The van der Waals surface area contributed by atoms with Crippen molar-refractivity contribution >= 4 is 5.91 Å². The molecule has 2 heterocycles. The van der Waals surface area contributed by atoms with E-state index in [2.05, 4.69) is 6.58 Å². The lowest BCUT2D eigenvalue weighted by atomic mass is 9.77. The van der Waals surface area contributed by atoms with Gasteiger partial charge in [0.15, 0.2) is 0 Å². The van der Waals surface area contributed by atoms with Gasteiger partial charge in [-0.1, -0.05) is 6.08 Å². The summed E-state index contributed by atoms with van der Waals surface area (Å²) in [5, 5.41) is 9.85. The Morgan fingerprint density at radius 3 is 2.84 bits per heavy atom. The van der Waals surface area contributed by atoms with Crippen molar-refractivity contribution in [2.24, 2.45) is 12.5 Å². The highest BCUT2D eigenvalue weighted by molar-refractivity contribution is 5.94. The van der Waals surface area contributed by atoms with Crippen molar-refractivity contribution < 1.29 is 9.90 Å². The molecule has 1 amide bonds. The van der Waals surface area contributed by atoms with Crippen LogP contribution in [0.1, 0.15) is 53.7 Å². The Morgan fingerprint density at radius 1 is 1.36 bits per heavy atom. The molecule has 25 heavy (non-hydrogen) atoms. The number of fused-ring (bicyclic) bond motifs is 1. The molecular weight excluding hydrogens is 316 g/mol. The number of aliphatic hydroxyl groups is 1. The molecule has 1 fully saturated rings. The number of aromatic nitrogens is 1. The van der Waals surface area contributed by atoms with Crippen molar-refractivity contribution in [2.75, 3.05) is 19.7 Å². The van der Waals surface area contributed by atoms with E-state index < -0.39 is 0 Å². The van der Waals surface area contributed by atoms with Gasteiger partial charge in [-0.2, -0.15) is 0 Å². The summed E-state index contributed by atoms with van der Waals surface area (Å²) in [4.78, 5) is 27.5. The highest BCUT2D eigenvalue weighted by Crippen LogP contribution is 2.34. The van der Waals surface area contributed by atoms with E-state index in [1.807, 2.05) is 12.1 Å². The largest absolute Gasteiger partial charge is 0.396 e. The summed E-state index contributed by atoms with van der Waals surface area (Å²) in [5.74, 6) is -0.199. The fourth-order valence-electron chi connectivity index (χ4n) is 4.36. The first kappa shape index (κ1) is 17.9. The molecule has 1 aliphatic carbocycles. The van der Waals surface area contributed by atoms with Gasteiger partial charge in [-0.15, -0.1) is 6.58 Å². The number of aryl methyl sites for hydroxylation is 1. The topological polar surface area (TPSA) is 62.5 Å². The Balaban J connectivity index is 1.92. The van der Waals surface area contributed by atoms with Crippen molar-refractivity contribution in [3.63, 3.8) is 0 Å². The molecule has 0 radical (unpaired) electrons. The number of carbonyl (C=O) groups is 1. The molecule has 1 N–H and O–H groups in total. The van der Waals surface area contributed by atoms with Crippen molar-refractivity contribution in [3.05, 3.63) is 45.9 Å². The third-order valence-electron chi connectivity index (χ3n) is 5.83. The summed E-state index contributed by atoms with van der Waals surface area (Å²) in [6.45, 7) is 4.93. The molecule has 0 bridgehead atoms. The van der Waals surface area contributed by atoms with E-state index in [-0.39, 0.29) is 29.1 Å². The number of hydrogen-bond donors (Lipinski definition) is 1. The Morgan fingerprint density at radius 2 is 2.12 bits per heavy atom. The van der Waals surface area contributed by atoms with Gasteiger partial charge in [0, 0.05) is 31.2 Å². The number of likely N-dealkylation sites (tertiary alicyclic amines) is 1. The van der Waals surface area contributed by atoms with Crippen LogP contribution < -0.4 is 5.56 Å². The van der Waals surface area contributed by atoms with Gasteiger partial charge in [-0.05, 0) is 56.6 Å². The highest BCUT2D eigenvalue weighted by Gasteiger charge is 2.36. The number of allylic oxidation sites excluding steroid dienone is 1. The maximum Gasteiger partial charge on any atom is 0.263 e. The third kappa shape index (κ3) is 3.30. The van der Waals surface area contributed by atoms with Crippen LogP contribution in [0.15, 0.2) is 23.5 Å². The van der Waals surface area contributed by atoms with Gasteiger partial charge < -0.3 is 14.6 Å². The zero-order valence-corrected chi connectivity index (χ0v) is 15.1. The summed E-state index contributed by atoms with van der Waals surface area (Å²) in [5.41, 5.74) is 1.95. The number of carbonyl (C=O) groups excluding carboxylic acids is 1. The summed E-state index contributed by atoms with van der Waals surface area (Å²) in [6.07, 6.45) is 8.24. The Labute approximate surface area is 149 Å². The van der Waals surface area contributed by atoms with Crippen LogP contribution >= 0.6 is 0 Å². The maximum absolute atomic E-state index is 13.1. The molecule has 1 saturated heterocycles. The first-order valence-electron chi connectivity index (χ1n) is 9.24. The molecular formula is C20H28N2O3. The molecule has 3 rings (SSSR count). The van der Waals surface area contributed by atoms with Crippen molar-refractivity contribution in [2.45, 2.75) is 44.9 Å². The number of pyridine rings is 1. The summed E-state index contributed by atoms with van der Waals surface area (Å²) < 4.78 is 1.66. The molecule has 136 valence electrons. The molecule has 2 aliphatic rings. The van der Waals surface area contributed by atoms with Gasteiger partial charge in [0.25, 0.3) is 11.5 Å². The smallest absolute Gasteiger partial charge is 0.263 e. The van der Waals surface area contributed by atoms with Crippen LogP contribution in [0.4, 0.5) is 0 Å². The lowest BCUT2D eigenvalue weighted by Gasteiger charge is -2.41. The average Bonchev–Trinajstić information content (AvgIpc) is 2.64. The van der Waals surface area contributed by atoms with Crippen LogP contribution in [-0.4, -0.2) is 40.2 Å². The van der Waals surface area contributed by atoms with Crippen molar-refractivity contribution in [1.29, 1.82) is 0 Å². The molecule has 1 aromatic rings. The van der Waals surface area contributed by atoms with Gasteiger partial charge in [0.05, 0.1) is 6.61 Å². The van der Waals surface area contributed by atoms with Crippen LogP contribution in [0.2, 0.25) is 0 Å². The quantitative estimate of drug-likeness (QED) is 0.851. The molecule has 1 unspecified atom stereocenters. The molecule has 0 spiro atoms. The predicted octanol–water partition coefficient (Wildman–Crippen LogP) is 2.05. The normalized spacial score (nSPS) is 23.2. The number of nitrogens with zero attached hydrogens (tertiary/aromatic N) is 2. The van der Waals surface area contributed by atoms with Crippen LogP contribution in [0.25, 0.3) is 0 Å². The van der Waals surface area contributed by atoms with E-state index in [9.17, 15) is 14.7 Å². The molecule has 1 aliphatic heterocycles. The van der Waals surface area contributed by atoms with E-state index in [4.69, 9.17) is 0 Å². The molecule has 0 aromatic carbocycles. The van der Waals surface area contributed by atoms with Crippen LogP contribution in [0.5, 0.6) is 0 Å². The van der Waals surface area contributed by atoms with Gasteiger partial charge in [0.1, 0.15) is 5.56 Å². The lowest BCUT2D eigenvalue weighted by Crippen LogP contribution is -2.49. The first-order chi connectivity index (χ1) is 12.0. The number of hydrogen-bond acceptors (Lipinski definition) is 3. The number of piperidine rings is 1. The van der Waals surface area contributed by atoms with Gasteiger partial charge in [0.2, 0.25) is 0 Å². The average molecular weight is 344 g/mol. The SMILES string of the molecule is C=CCC1(CO)CCCN(C(=O)c2cc3c(n(C)c2=O)CCCC3)C1. The van der Waals surface area contributed by atoms with Gasteiger partial charge in [-0.3, -0.25) is 9.59 Å². The summed E-state index contributed by atoms with van der Waals surface area (Å²) >= 11 is 0. The van der Waals surface area contributed by atoms with E-state index in [1.165, 1.54) is 0 Å². The monoisotopic (exact) mass is 344 g/mol. The second-order valence-electron chi connectivity index (χ2n) is 7.58. The third-order valence-corrected chi connectivity index (χ3v) is 5.83. The fourth-order valence-corrected chi connectivity index (χ4v) is 4.36. The molecule has 5 nitrogen and oxygen atoms in total. The summed E-state index contributed by atoms with van der Waals surface area (Å²) in [6, 6.07) is 1.82. The van der Waals surface area contributed by atoms with Crippen LogP contribution in [-0.2, 0) is 19.9 Å². The molecule has 1 atom stereocenters. The lowest BCUT2D eigenvalue weighted by molar-refractivity contribution is 0.0283. The number of rotatable bonds is 4. The standard InChI is InChI=1S/C20H28N2O3/c1-3-9-20(14-23)10-6-11-22(13-20)19(25)16-12-15-7-4-5-8-17(15)21(2)18(16)24/h3,12,23H,1,4-11,13-14H2,2H3. The van der Waals surface area contributed by atoms with E-state index in [1.54, 1.807) is 16.5 Å². The fraction of sp³-hybridized carbons (Fsp3) is 0.600. The van der Waals surface area contributed by atoms with Crippen molar-refractivity contribution in [1.82, 2.24) is 9.47 Å². The minimum Gasteiger partial charge on any atom is -0.396 e. The highest BCUT2D eigenvalue weighted by atomic mass is 16.3. The predicted molar refractivity (Wildman–Crippen MR) is 97.8 cm³/mol. The molecule has 0 saturated carbocycles. The Hall–Kier alpha value is -1.88. The first-order valence-corrected chi connectivity index (χ1v) is 9.24. The minimum atomic E-state index is -0.324. The van der Waals surface area contributed by atoms with Gasteiger partial charge >= 0.3 is 0 Å². The second-order valence-corrected chi connectivity index (χ2v) is 7.58. The number of amides is 1. The van der Waals surface area contributed by atoms with Crippen molar-refractivity contribution in [3.8, 4) is 0 Å². The van der Waals surface area contributed by atoms with E-state index in [0.717, 1.165) is 49.8 Å². The zero-order valence-electron chi connectivity index (χ0n) is 15.1. The zero-order chi connectivity index (χ0) is 18.0. The van der Waals surface area contributed by atoms with E-state index in [0.29, 0.717) is 19.5 Å². The number of aliphatic hydroxyl groups excluding tert-OH is 1. The van der Waals surface area contributed by atoms with E-state index >= 15 is 0 Å². The van der Waals surface area contributed by atoms with Gasteiger partial charge in [-0.25, -0.2) is 0 Å². The summed E-state index contributed by atoms with van der Waals surface area (Å²) in [7, 11) is 1.77. The molecule has 1 aromatic heterocycles.